The second kappa shape index (κ2) is 2.20. The van der Waals surface area contributed by atoms with E-state index in [0.717, 1.165) is 0 Å². The molecule has 0 aromatic carbocycles. The standard InChI is InChI=1S/C4H7N2O3P/c1-6-3-2-4(5-6)10(7,8)9/h2-3H,1H3,(H2,7,8,9). The summed E-state index contributed by atoms with van der Waals surface area (Å²) in [6.45, 7) is 0. The minimum atomic E-state index is -4.13. The van der Waals surface area contributed by atoms with Gasteiger partial charge in [-0.3, -0.25) is 9.25 Å². The van der Waals surface area contributed by atoms with Gasteiger partial charge in [0.2, 0.25) is 0 Å². The summed E-state index contributed by atoms with van der Waals surface area (Å²) < 4.78 is 11.8. The number of nitrogens with zero attached hydrogens (tertiary/aromatic N) is 2. The zero-order valence-corrected chi connectivity index (χ0v) is 6.19. The Morgan fingerprint density at radius 2 is 2.30 bits per heavy atom. The first kappa shape index (κ1) is 7.47. The Morgan fingerprint density at radius 3 is 2.50 bits per heavy atom. The van der Waals surface area contributed by atoms with Crippen LogP contribution in [-0.4, -0.2) is 19.6 Å². The van der Waals surface area contributed by atoms with E-state index < -0.39 is 7.60 Å². The van der Waals surface area contributed by atoms with Crippen molar-refractivity contribution < 1.29 is 14.4 Å². The Balaban J connectivity index is 3.08. The first-order chi connectivity index (χ1) is 4.50. The lowest BCUT2D eigenvalue weighted by molar-refractivity contribution is 0.386. The van der Waals surface area contributed by atoms with E-state index >= 15 is 0 Å². The molecule has 5 nitrogen and oxygen atoms in total. The Hall–Kier alpha value is -0.640. The zero-order chi connectivity index (χ0) is 7.78. The van der Waals surface area contributed by atoms with Gasteiger partial charge in [0.15, 0.2) is 5.44 Å². The minimum Gasteiger partial charge on any atom is -0.320 e. The third-order valence-electron chi connectivity index (χ3n) is 0.998. The third kappa shape index (κ3) is 1.44. The number of hydrogen-bond acceptors (Lipinski definition) is 2. The molecule has 2 N–H and O–H groups in total. The van der Waals surface area contributed by atoms with E-state index in [4.69, 9.17) is 9.79 Å². The van der Waals surface area contributed by atoms with Crippen LogP contribution in [0.2, 0.25) is 0 Å². The van der Waals surface area contributed by atoms with Crippen LogP contribution in [0.25, 0.3) is 0 Å². The van der Waals surface area contributed by atoms with Crippen molar-refractivity contribution in [3.63, 3.8) is 0 Å². The molecule has 0 amide bonds. The average molecular weight is 162 g/mol. The molecule has 10 heavy (non-hydrogen) atoms. The van der Waals surface area contributed by atoms with Gasteiger partial charge in [-0.05, 0) is 6.07 Å². The van der Waals surface area contributed by atoms with Crippen LogP contribution < -0.4 is 5.44 Å². The van der Waals surface area contributed by atoms with Gasteiger partial charge in [-0.25, -0.2) is 0 Å². The second-order valence-corrected chi connectivity index (χ2v) is 3.44. The molecular weight excluding hydrogens is 155 g/mol. The highest BCUT2D eigenvalue weighted by Crippen LogP contribution is 2.31. The predicted octanol–water partition coefficient (Wildman–Crippen LogP) is -0.777. The SMILES string of the molecule is Cn1ccc(P(=O)(O)O)n1. The third-order valence-corrected chi connectivity index (χ3v) is 1.83. The summed E-state index contributed by atoms with van der Waals surface area (Å²) >= 11 is 0. The average Bonchev–Trinajstić information content (AvgIpc) is 2.11. The van der Waals surface area contributed by atoms with Crippen LogP contribution in [0.3, 0.4) is 0 Å². The molecule has 0 spiro atoms. The summed E-state index contributed by atoms with van der Waals surface area (Å²) in [7, 11) is -2.53. The molecule has 1 heterocycles. The summed E-state index contributed by atoms with van der Waals surface area (Å²) in [6, 6.07) is 1.29. The van der Waals surface area contributed by atoms with Gasteiger partial charge in [-0.2, -0.15) is 5.10 Å². The van der Waals surface area contributed by atoms with Crippen molar-refractivity contribution in [3.05, 3.63) is 12.3 Å². The fourth-order valence-corrected chi connectivity index (χ4v) is 1.08. The van der Waals surface area contributed by atoms with E-state index in [1.54, 1.807) is 7.05 Å². The molecule has 0 unspecified atom stereocenters. The lowest BCUT2D eigenvalue weighted by Crippen LogP contribution is -2.06. The van der Waals surface area contributed by atoms with Gasteiger partial charge in [0.25, 0.3) is 0 Å². The number of aromatic nitrogens is 2. The van der Waals surface area contributed by atoms with Crippen LogP contribution in [0.4, 0.5) is 0 Å². The van der Waals surface area contributed by atoms with Crippen molar-refractivity contribution in [3.8, 4) is 0 Å². The lowest BCUT2D eigenvalue weighted by atomic mass is 10.7. The highest BCUT2D eigenvalue weighted by atomic mass is 31.2. The predicted molar refractivity (Wildman–Crippen MR) is 34.9 cm³/mol. The number of aryl methyl sites for hydroxylation is 1. The smallest absolute Gasteiger partial charge is 0.320 e. The Bertz CT molecular complexity index is 276. The molecule has 1 aromatic rings. The highest BCUT2D eigenvalue weighted by Gasteiger charge is 2.19. The summed E-state index contributed by atoms with van der Waals surface area (Å²) in [5.41, 5.74) is -0.185. The summed E-state index contributed by atoms with van der Waals surface area (Å²) in [5, 5.41) is 3.54. The molecule has 56 valence electrons. The van der Waals surface area contributed by atoms with Crippen molar-refractivity contribution >= 4 is 13.0 Å². The molecule has 1 rings (SSSR count). The van der Waals surface area contributed by atoms with Crippen molar-refractivity contribution in [2.75, 3.05) is 0 Å². The van der Waals surface area contributed by atoms with E-state index in [1.807, 2.05) is 0 Å². The van der Waals surface area contributed by atoms with Gasteiger partial charge in [-0.15, -0.1) is 0 Å². The molecule has 0 fully saturated rings. The molecule has 1 aromatic heterocycles. The van der Waals surface area contributed by atoms with Crippen molar-refractivity contribution in [2.24, 2.45) is 7.05 Å². The van der Waals surface area contributed by atoms with Crippen LogP contribution >= 0.6 is 7.60 Å². The fraction of sp³-hybridized carbons (Fsp3) is 0.250. The normalized spacial score (nSPS) is 11.9. The molecule has 0 radical (unpaired) electrons. The quantitative estimate of drug-likeness (QED) is 0.531. The van der Waals surface area contributed by atoms with Crippen molar-refractivity contribution in [2.45, 2.75) is 0 Å². The molecule has 0 aliphatic heterocycles. The van der Waals surface area contributed by atoms with Gasteiger partial charge < -0.3 is 9.79 Å². The number of hydrogen-bond donors (Lipinski definition) is 2. The molecule has 0 aliphatic carbocycles. The largest absolute Gasteiger partial charge is 0.376 e. The van der Waals surface area contributed by atoms with E-state index in [9.17, 15) is 4.57 Å². The maximum absolute atomic E-state index is 10.5. The maximum Gasteiger partial charge on any atom is 0.376 e. The molecular formula is C4H7N2O3P. The van der Waals surface area contributed by atoms with Gasteiger partial charge >= 0.3 is 7.60 Å². The summed E-state index contributed by atoms with van der Waals surface area (Å²) in [6.07, 6.45) is 1.48. The van der Waals surface area contributed by atoms with Crippen LogP contribution in [0.5, 0.6) is 0 Å². The second-order valence-electron chi connectivity index (χ2n) is 1.89. The molecule has 6 heteroatoms. The van der Waals surface area contributed by atoms with Gasteiger partial charge in [0.05, 0.1) is 0 Å². The van der Waals surface area contributed by atoms with Crippen LogP contribution in [-0.2, 0) is 11.6 Å². The zero-order valence-electron chi connectivity index (χ0n) is 5.30. The van der Waals surface area contributed by atoms with Crippen molar-refractivity contribution in [1.29, 1.82) is 0 Å². The van der Waals surface area contributed by atoms with Crippen LogP contribution in [0.1, 0.15) is 0 Å². The van der Waals surface area contributed by atoms with Gasteiger partial charge in [0, 0.05) is 13.2 Å². The van der Waals surface area contributed by atoms with Crippen LogP contribution in [0, 0.1) is 0 Å². The van der Waals surface area contributed by atoms with E-state index in [-0.39, 0.29) is 5.44 Å². The Kier molecular flexibility index (Phi) is 1.64. The molecule has 0 bridgehead atoms. The van der Waals surface area contributed by atoms with E-state index in [0.29, 0.717) is 0 Å². The monoisotopic (exact) mass is 162 g/mol. The Labute approximate surface area is 57.5 Å². The first-order valence-corrected chi connectivity index (χ1v) is 4.17. The van der Waals surface area contributed by atoms with Crippen molar-refractivity contribution in [1.82, 2.24) is 9.78 Å². The van der Waals surface area contributed by atoms with Gasteiger partial charge in [0.1, 0.15) is 0 Å². The van der Waals surface area contributed by atoms with E-state index in [2.05, 4.69) is 5.10 Å². The molecule has 0 saturated carbocycles. The van der Waals surface area contributed by atoms with Gasteiger partial charge in [-0.1, -0.05) is 0 Å². The molecule has 0 atom stereocenters. The number of rotatable bonds is 1. The summed E-state index contributed by atoms with van der Waals surface area (Å²) in [5.74, 6) is 0. The topological polar surface area (TPSA) is 75.4 Å². The minimum absolute atomic E-state index is 0.185. The molecule has 0 aliphatic rings. The fourth-order valence-electron chi connectivity index (χ4n) is 0.558. The van der Waals surface area contributed by atoms with E-state index in [1.165, 1.54) is 16.9 Å². The Morgan fingerprint density at radius 1 is 1.70 bits per heavy atom. The van der Waals surface area contributed by atoms with Crippen LogP contribution in [0.15, 0.2) is 12.3 Å². The molecule has 0 saturated heterocycles. The maximum atomic E-state index is 10.5. The lowest BCUT2D eigenvalue weighted by Gasteiger charge is -1.95. The first-order valence-electron chi connectivity index (χ1n) is 2.56. The summed E-state index contributed by atoms with van der Waals surface area (Å²) in [4.78, 5) is 17.1. The highest BCUT2D eigenvalue weighted by molar-refractivity contribution is 7.60.